The third kappa shape index (κ3) is 4.68. The standard InChI is InChI=1S/C19H24N4O6S/c24-16(4-2-1-3-15-17-13(10-30-15)21-19(25)22-17)20-11-5-6-12(14(9-11)23(26)27)18-28-7-8-29-18/h5-6,9,13,15,17-18H,1-4,7-8,10H2,(H,20,24)(H2,21,22,25)/t13-,15-,17-/m0/s1. The lowest BCUT2D eigenvalue weighted by Crippen LogP contribution is -2.36. The normalized spacial score (nSPS) is 25.6. The summed E-state index contributed by atoms with van der Waals surface area (Å²) in [6.07, 6.45) is 2.11. The van der Waals surface area contributed by atoms with Gasteiger partial charge in [0.2, 0.25) is 5.91 Å². The maximum atomic E-state index is 12.3. The number of amides is 3. The van der Waals surface area contributed by atoms with Crippen molar-refractivity contribution in [2.45, 2.75) is 49.3 Å². The minimum atomic E-state index is -0.747. The number of nitrogens with zero attached hydrogens (tertiary/aromatic N) is 1. The van der Waals surface area contributed by atoms with Crippen LogP contribution in [0.15, 0.2) is 18.2 Å². The zero-order chi connectivity index (χ0) is 21.1. The highest BCUT2D eigenvalue weighted by molar-refractivity contribution is 8.00. The lowest BCUT2D eigenvalue weighted by Gasteiger charge is -2.16. The van der Waals surface area contributed by atoms with E-state index in [1.54, 1.807) is 12.1 Å². The Bertz CT molecular complexity index is 831. The number of thioether (sulfide) groups is 1. The molecule has 11 heteroatoms. The summed E-state index contributed by atoms with van der Waals surface area (Å²) in [5.74, 6) is 0.735. The molecule has 3 amide bonds. The summed E-state index contributed by atoms with van der Waals surface area (Å²) < 4.78 is 10.7. The molecule has 10 nitrogen and oxygen atoms in total. The van der Waals surface area contributed by atoms with E-state index in [9.17, 15) is 19.7 Å². The molecular weight excluding hydrogens is 412 g/mol. The quantitative estimate of drug-likeness (QED) is 0.247. The molecule has 3 aliphatic rings. The van der Waals surface area contributed by atoms with Crippen LogP contribution in [0.3, 0.4) is 0 Å². The molecule has 3 N–H and O–H groups in total. The Morgan fingerprint density at radius 1 is 1.27 bits per heavy atom. The van der Waals surface area contributed by atoms with Crippen LogP contribution in [0.2, 0.25) is 0 Å². The molecule has 0 bridgehead atoms. The number of fused-ring (bicyclic) bond motifs is 1. The van der Waals surface area contributed by atoms with E-state index < -0.39 is 11.2 Å². The first-order valence-electron chi connectivity index (χ1n) is 10.0. The highest BCUT2D eigenvalue weighted by Gasteiger charge is 2.42. The SMILES string of the molecule is O=C(CCCC[C@@H]1SC[C@@H]2NC(=O)N[C@@H]21)Nc1ccc(C2OCCO2)c([N+](=O)[O-])c1. The fourth-order valence-electron chi connectivity index (χ4n) is 4.01. The van der Waals surface area contributed by atoms with Crippen molar-refractivity contribution in [3.8, 4) is 0 Å². The number of anilines is 1. The maximum absolute atomic E-state index is 12.3. The number of urea groups is 1. The molecule has 4 rings (SSSR count). The summed E-state index contributed by atoms with van der Waals surface area (Å²) in [6, 6.07) is 4.79. The molecule has 3 heterocycles. The van der Waals surface area contributed by atoms with Gasteiger partial charge in [0.05, 0.1) is 35.8 Å². The first-order chi connectivity index (χ1) is 14.5. The molecule has 30 heavy (non-hydrogen) atoms. The van der Waals surface area contributed by atoms with E-state index >= 15 is 0 Å². The largest absolute Gasteiger partial charge is 0.346 e. The second kappa shape index (κ2) is 9.19. The fraction of sp³-hybridized carbons (Fsp3) is 0.579. The number of nitrogens with one attached hydrogen (secondary N) is 3. The van der Waals surface area contributed by atoms with E-state index in [4.69, 9.17) is 9.47 Å². The van der Waals surface area contributed by atoms with Crippen LogP contribution >= 0.6 is 11.8 Å². The van der Waals surface area contributed by atoms with Gasteiger partial charge in [-0.3, -0.25) is 14.9 Å². The zero-order valence-electron chi connectivity index (χ0n) is 16.3. The summed E-state index contributed by atoms with van der Waals surface area (Å²) in [7, 11) is 0. The average Bonchev–Trinajstić information content (AvgIpc) is 3.43. The van der Waals surface area contributed by atoms with Crippen molar-refractivity contribution in [1.29, 1.82) is 0 Å². The Balaban J connectivity index is 1.24. The minimum absolute atomic E-state index is 0.0964. The smallest absolute Gasteiger partial charge is 0.315 e. The van der Waals surface area contributed by atoms with Gasteiger partial charge in [0.15, 0.2) is 6.29 Å². The van der Waals surface area contributed by atoms with Crippen LogP contribution in [-0.4, -0.2) is 53.2 Å². The lowest BCUT2D eigenvalue weighted by molar-refractivity contribution is -0.386. The van der Waals surface area contributed by atoms with Gasteiger partial charge in [-0.15, -0.1) is 0 Å². The van der Waals surface area contributed by atoms with Gasteiger partial charge in [0, 0.05) is 29.2 Å². The summed E-state index contributed by atoms with van der Waals surface area (Å²) >= 11 is 1.85. The van der Waals surface area contributed by atoms with Crippen LogP contribution in [0.5, 0.6) is 0 Å². The predicted octanol–water partition coefficient (Wildman–Crippen LogP) is 2.30. The molecule has 0 unspecified atom stereocenters. The van der Waals surface area contributed by atoms with Gasteiger partial charge >= 0.3 is 6.03 Å². The van der Waals surface area contributed by atoms with Gasteiger partial charge in [-0.05, 0) is 25.0 Å². The number of benzene rings is 1. The molecule has 0 spiro atoms. The molecule has 0 saturated carbocycles. The molecule has 162 valence electrons. The van der Waals surface area contributed by atoms with Crippen molar-refractivity contribution >= 4 is 35.1 Å². The van der Waals surface area contributed by atoms with Crippen molar-refractivity contribution in [2.75, 3.05) is 24.3 Å². The molecule has 3 fully saturated rings. The summed E-state index contributed by atoms with van der Waals surface area (Å²) in [5.41, 5.74) is 0.582. The van der Waals surface area contributed by atoms with Crippen LogP contribution < -0.4 is 16.0 Å². The number of ether oxygens (including phenoxy) is 2. The number of hydrogen-bond donors (Lipinski definition) is 3. The predicted molar refractivity (Wildman–Crippen MR) is 110 cm³/mol. The number of nitro groups is 1. The van der Waals surface area contributed by atoms with Crippen molar-refractivity contribution in [2.24, 2.45) is 0 Å². The Kier molecular flexibility index (Phi) is 6.40. The van der Waals surface area contributed by atoms with Crippen molar-refractivity contribution < 1.29 is 24.0 Å². The van der Waals surface area contributed by atoms with Crippen LogP contribution in [-0.2, 0) is 14.3 Å². The van der Waals surface area contributed by atoms with Crippen molar-refractivity contribution in [3.63, 3.8) is 0 Å². The van der Waals surface area contributed by atoms with E-state index in [1.807, 2.05) is 11.8 Å². The van der Waals surface area contributed by atoms with Crippen LogP contribution in [0.1, 0.15) is 37.5 Å². The van der Waals surface area contributed by atoms with Gasteiger partial charge in [0.25, 0.3) is 5.69 Å². The van der Waals surface area contributed by atoms with Crippen molar-refractivity contribution in [1.82, 2.24) is 10.6 Å². The number of carbonyl (C=O) groups is 2. The highest BCUT2D eigenvalue weighted by Crippen LogP contribution is 2.34. The monoisotopic (exact) mass is 436 g/mol. The van der Waals surface area contributed by atoms with Gasteiger partial charge in [-0.25, -0.2) is 4.79 Å². The maximum Gasteiger partial charge on any atom is 0.315 e. The average molecular weight is 436 g/mol. The number of unbranched alkanes of at least 4 members (excludes halogenated alkanes) is 1. The lowest BCUT2D eigenvalue weighted by atomic mass is 10.0. The Hall–Kier alpha value is -2.37. The first-order valence-corrected chi connectivity index (χ1v) is 11.1. The molecular formula is C19H24N4O6S. The Morgan fingerprint density at radius 3 is 2.83 bits per heavy atom. The zero-order valence-corrected chi connectivity index (χ0v) is 17.1. The van der Waals surface area contributed by atoms with Crippen LogP contribution in [0, 0.1) is 10.1 Å². The summed E-state index contributed by atoms with van der Waals surface area (Å²) in [4.78, 5) is 34.6. The summed E-state index contributed by atoms with van der Waals surface area (Å²) in [5, 5.41) is 20.4. The molecule has 1 aromatic carbocycles. The molecule has 3 atom stereocenters. The van der Waals surface area contributed by atoms with E-state index in [-0.39, 0.29) is 29.7 Å². The van der Waals surface area contributed by atoms with Crippen molar-refractivity contribution in [3.05, 3.63) is 33.9 Å². The molecule has 0 aromatic heterocycles. The van der Waals surface area contributed by atoms with Gasteiger partial charge < -0.3 is 25.4 Å². The molecule has 0 aliphatic carbocycles. The summed E-state index contributed by atoms with van der Waals surface area (Å²) in [6.45, 7) is 0.786. The minimum Gasteiger partial charge on any atom is -0.346 e. The third-order valence-electron chi connectivity index (χ3n) is 5.47. The number of hydrogen-bond acceptors (Lipinski definition) is 7. The number of rotatable bonds is 8. The van der Waals surface area contributed by atoms with Gasteiger partial charge in [-0.1, -0.05) is 6.42 Å². The highest BCUT2D eigenvalue weighted by atomic mass is 32.2. The van der Waals surface area contributed by atoms with Crippen LogP contribution in [0.4, 0.5) is 16.2 Å². The van der Waals surface area contributed by atoms with Gasteiger partial charge in [0.1, 0.15) is 0 Å². The fourth-order valence-corrected chi connectivity index (χ4v) is 5.56. The molecule has 3 aliphatic heterocycles. The number of carbonyl (C=O) groups excluding carboxylic acids is 2. The third-order valence-corrected chi connectivity index (χ3v) is 6.98. The van der Waals surface area contributed by atoms with E-state index in [0.717, 1.165) is 18.6 Å². The topological polar surface area (TPSA) is 132 Å². The number of nitro benzene ring substituents is 1. The van der Waals surface area contributed by atoms with E-state index in [2.05, 4.69) is 16.0 Å². The van der Waals surface area contributed by atoms with E-state index in [1.165, 1.54) is 6.07 Å². The van der Waals surface area contributed by atoms with Crippen LogP contribution in [0.25, 0.3) is 0 Å². The second-order valence-corrected chi connectivity index (χ2v) is 8.79. The Labute approximate surface area is 177 Å². The Morgan fingerprint density at radius 2 is 2.07 bits per heavy atom. The van der Waals surface area contributed by atoms with E-state index in [0.29, 0.717) is 42.6 Å². The molecule has 1 aromatic rings. The second-order valence-electron chi connectivity index (χ2n) is 7.52. The van der Waals surface area contributed by atoms with Gasteiger partial charge in [-0.2, -0.15) is 11.8 Å². The molecule has 0 radical (unpaired) electrons. The molecule has 3 saturated heterocycles. The first kappa shape index (κ1) is 20.9.